The van der Waals surface area contributed by atoms with Crippen LogP contribution in [0.1, 0.15) is 18.4 Å². The molecule has 0 unspecified atom stereocenters. The predicted molar refractivity (Wildman–Crippen MR) is 77.8 cm³/mol. The lowest BCUT2D eigenvalue weighted by molar-refractivity contribution is 0.177. The molecule has 19 heavy (non-hydrogen) atoms. The molecule has 2 heterocycles. The maximum Gasteiger partial charge on any atom is 0.0237 e. The van der Waals surface area contributed by atoms with Crippen LogP contribution in [-0.4, -0.2) is 42.5 Å². The summed E-state index contributed by atoms with van der Waals surface area (Å²) in [7, 11) is 2.30. The van der Waals surface area contributed by atoms with E-state index in [1.54, 1.807) is 0 Å². The van der Waals surface area contributed by atoms with Crippen molar-refractivity contribution >= 4 is 0 Å². The van der Waals surface area contributed by atoms with Crippen LogP contribution >= 0.6 is 0 Å². The molecule has 2 heteroatoms. The van der Waals surface area contributed by atoms with Gasteiger partial charge in [-0.2, -0.15) is 0 Å². The van der Waals surface area contributed by atoms with Gasteiger partial charge in [0.1, 0.15) is 0 Å². The SMILES string of the molecule is CN1C[C@@H]2CN(Cc3ccccc3)[C@H](C3CC3)[C@@H]2C1. The van der Waals surface area contributed by atoms with Gasteiger partial charge < -0.3 is 4.90 Å². The molecule has 1 aromatic rings. The van der Waals surface area contributed by atoms with E-state index in [9.17, 15) is 0 Å². The summed E-state index contributed by atoms with van der Waals surface area (Å²) >= 11 is 0. The molecule has 0 spiro atoms. The molecule has 2 saturated heterocycles. The van der Waals surface area contributed by atoms with Crippen LogP contribution in [-0.2, 0) is 6.54 Å². The van der Waals surface area contributed by atoms with Crippen molar-refractivity contribution in [3.8, 4) is 0 Å². The molecule has 4 rings (SSSR count). The number of benzene rings is 1. The molecule has 2 nitrogen and oxygen atoms in total. The van der Waals surface area contributed by atoms with Crippen molar-refractivity contribution in [3.05, 3.63) is 35.9 Å². The largest absolute Gasteiger partial charge is 0.306 e. The smallest absolute Gasteiger partial charge is 0.0237 e. The maximum atomic E-state index is 2.80. The van der Waals surface area contributed by atoms with Gasteiger partial charge in [-0.1, -0.05) is 30.3 Å². The third kappa shape index (κ3) is 2.21. The fourth-order valence-corrected chi connectivity index (χ4v) is 4.47. The molecule has 3 aliphatic rings. The second-order valence-corrected chi connectivity index (χ2v) is 6.89. The van der Waals surface area contributed by atoms with E-state index in [0.29, 0.717) is 0 Å². The molecular weight excluding hydrogens is 232 g/mol. The summed E-state index contributed by atoms with van der Waals surface area (Å²) in [6.45, 7) is 5.14. The summed E-state index contributed by atoms with van der Waals surface area (Å²) < 4.78 is 0. The third-order valence-electron chi connectivity index (χ3n) is 5.34. The van der Waals surface area contributed by atoms with Crippen molar-refractivity contribution in [1.29, 1.82) is 0 Å². The Kier molecular flexibility index (Phi) is 2.89. The average molecular weight is 256 g/mol. The molecule has 0 aromatic heterocycles. The number of nitrogens with zero attached hydrogens (tertiary/aromatic N) is 2. The number of likely N-dealkylation sites (tertiary alicyclic amines) is 2. The highest BCUT2D eigenvalue weighted by Gasteiger charge is 2.51. The Bertz CT molecular complexity index is 440. The van der Waals surface area contributed by atoms with Crippen molar-refractivity contribution in [2.24, 2.45) is 17.8 Å². The van der Waals surface area contributed by atoms with Crippen LogP contribution < -0.4 is 0 Å². The van der Waals surface area contributed by atoms with Crippen LogP contribution in [0.3, 0.4) is 0 Å². The van der Waals surface area contributed by atoms with Gasteiger partial charge in [0, 0.05) is 32.2 Å². The molecule has 0 amide bonds. The fraction of sp³-hybridized carbons (Fsp3) is 0.647. The van der Waals surface area contributed by atoms with Crippen molar-refractivity contribution in [2.45, 2.75) is 25.4 Å². The molecule has 1 aromatic carbocycles. The van der Waals surface area contributed by atoms with Crippen molar-refractivity contribution in [1.82, 2.24) is 9.80 Å². The van der Waals surface area contributed by atoms with Crippen LogP contribution in [0.5, 0.6) is 0 Å². The van der Waals surface area contributed by atoms with E-state index in [1.807, 2.05) is 0 Å². The summed E-state index contributed by atoms with van der Waals surface area (Å²) in [6, 6.07) is 11.9. The molecule has 3 fully saturated rings. The molecule has 102 valence electrons. The zero-order chi connectivity index (χ0) is 12.8. The van der Waals surface area contributed by atoms with E-state index in [-0.39, 0.29) is 0 Å². The highest BCUT2D eigenvalue weighted by atomic mass is 15.3. The van der Waals surface area contributed by atoms with E-state index in [1.165, 1.54) is 44.6 Å². The van der Waals surface area contributed by atoms with E-state index >= 15 is 0 Å². The average Bonchev–Trinajstić information content (AvgIpc) is 3.09. The Morgan fingerprint density at radius 2 is 1.79 bits per heavy atom. The Morgan fingerprint density at radius 1 is 1.00 bits per heavy atom. The predicted octanol–water partition coefficient (Wildman–Crippen LogP) is 2.46. The first-order chi connectivity index (χ1) is 9.31. The standard InChI is InChI=1S/C17H24N2/c1-18-10-15-11-19(9-13-5-3-2-4-6-13)17(14-7-8-14)16(15)12-18/h2-6,14-17H,7-12H2,1H3/t15-,16-,17-/m1/s1. The van der Waals surface area contributed by atoms with Gasteiger partial charge in [0.15, 0.2) is 0 Å². The molecule has 1 aliphatic carbocycles. The molecule has 0 N–H and O–H groups in total. The summed E-state index contributed by atoms with van der Waals surface area (Å²) in [5, 5.41) is 0. The Balaban J connectivity index is 1.52. The molecule has 3 atom stereocenters. The van der Waals surface area contributed by atoms with Gasteiger partial charge in [0.2, 0.25) is 0 Å². The van der Waals surface area contributed by atoms with Crippen LogP contribution in [0.25, 0.3) is 0 Å². The number of rotatable bonds is 3. The van der Waals surface area contributed by atoms with Gasteiger partial charge in [-0.05, 0) is 43.2 Å². The molecular formula is C17H24N2. The van der Waals surface area contributed by atoms with Gasteiger partial charge >= 0.3 is 0 Å². The van der Waals surface area contributed by atoms with Gasteiger partial charge in [-0.3, -0.25) is 4.90 Å². The number of hydrogen-bond donors (Lipinski definition) is 0. The normalized spacial score (nSPS) is 35.7. The van der Waals surface area contributed by atoms with E-state index in [2.05, 4.69) is 47.2 Å². The van der Waals surface area contributed by atoms with E-state index in [0.717, 1.165) is 23.8 Å². The van der Waals surface area contributed by atoms with Crippen LogP contribution in [0.2, 0.25) is 0 Å². The minimum absolute atomic E-state index is 0.871. The number of fused-ring (bicyclic) bond motifs is 1. The second-order valence-electron chi connectivity index (χ2n) is 6.89. The Morgan fingerprint density at radius 3 is 2.53 bits per heavy atom. The maximum absolute atomic E-state index is 2.80. The number of hydrogen-bond acceptors (Lipinski definition) is 2. The van der Waals surface area contributed by atoms with Gasteiger partial charge in [-0.15, -0.1) is 0 Å². The Hall–Kier alpha value is -0.860. The van der Waals surface area contributed by atoms with Crippen molar-refractivity contribution in [3.63, 3.8) is 0 Å². The first-order valence-electron chi connectivity index (χ1n) is 7.78. The topological polar surface area (TPSA) is 6.48 Å². The van der Waals surface area contributed by atoms with Crippen molar-refractivity contribution < 1.29 is 0 Å². The fourth-order valence-electron chi connectivity index (χ4n) is 4.47. The minimum atomic E-state index is 0.871. The highest BCUT2D eigenvalue weighted by Crippen LogP contribution is 2.47. The minimum Gasteiger partial charge on any atom is -0.306 e. The highest BCUT2D eigenvalue weighted by molar-refractivity contribution is 5.16. The summed E-state index contributed by atoms with van der Waals surface area (Å²) in [6.07, 6.45) is 2.95. The zero-order valence-corrected chi connectivity index (χ0v) is 11.8. The first kappa shape index (κ1) is 11.9. The Labute approximate surface area is 116 Å². The second kappa shape index (κ2) is 4.60. The lowest BCUT2D eigenvalue weighted by atomic mass is 9.91. The van der Waals surface area contributed by atoms with Gasteiger partial charge in [-0.25, -0.2) is 0 Å². The lowest BCUT2D eigenvalue weighted by Gasteiger charge is -2.29. The monoisotopic (exact) mass is 256 g/mol. The van der Waals surface area contributed by atoms with Crippen LogP contribution in [0, 0.1) is 17.8 Å². The zero-order valence-electron chi connectivity index (χ0n) is 11.8. The summed E-state index contributed by atoms with van der Waals surface area (Å²) in [4.78, 5) is 5.35. The molecule has 0 radical (unpaired) electrons. The van der Waals surface area contributed by atoms with Crippen LogP contribution in [0.15, 0.2) is 30.3 Å². The van der Waals surface area contributed by atoms with E-state index < -0.39 is 0 Å². The molecule has 1 saturated carbocycles. The third-order valence-corrected chi connectivity index (χ3v) is 5.34. The van der Waals surface area contributed by atoms with Gasteiger partial charge in [0.25, 0.3) is 0 Å². The molecule has 2 aliphatic heterocycles. The summed E-state index contributed by atoms with van der Waals surface area (Å²) in [5.41, 5.74) is 1.49. The first-order valence-corrected chi connectivity index (χ1v) is 7.78. The summed E-state index contributed by atoms with van der Waals surface area (Å²) in [5.74, 6) is 2.88. The van der Waals surface area contributed by atoms with Gasteiger partial charge in [0.05, 0.1) is 0 Å². The van der Waals surface area contributed by atoms with Crippen molar-refractivity contribution in [2.75, 3.05) is 26.7 Å². The quantitative estimate of drug-likeness (QED) is 0.819. The van der Waals surface area contributed by atoms with E-state index in [4.69, 9.17) is 0 Å². The lowest BCUT2D eigenvalue weighted by Crippen LogP contribution is -2.37. The molecule has 0 bridgehead atoms. The van der Waals surface area contributed by atoms with Crippen LogP contribution in [0.4, 0.5) is 0 Å².